The maximum atomic E-state index is 9.87. The zero-order chi connectivity index (χ0) is 13.1. The van der Waals surface area contributed by atoms with Gasteiger partial charge in [-0.1, -0.05) is 11.2 Å². The van der Waals surface area contributed by atoms with Gasteiger partial charge in [-0.2, -0.15) is 0 Å². The molecule has 0 atom stereocenters. The Morgan fingerprint density at radius 3 is 2.72 bits per heavy atom. The summed E-state index contributed by atoms with van der Waals surface area (Å²) < 4.78 is 4.82. The average Bonchev–Trinajstić information content (AvgIpc) is 2.74. The highest BCUT2D eigenvalue weighted by molar-refractivity contribution is 5.77. The minimum Gasteiger partial charge on any atom is -0.507 e. The van der Waals surface area contributed by atoms with Crippen LogP contribution in [0.25, 0.3) is 11.1 Å². The summed E-state index contributed by atoms with van der Waals surface area (Å²) in [5, 5.41) is 13.5. The van der Waals surface area contributed by atoms with Crippen LogP contribution in [-0.2, 0) is 6.42 Å². The molecule has 5 heteroatoms. The van der Waals surface area contributed by atoms with Gasteiger partial charge in [-0.05, 0) is 38.2 Å². The van der Waals surface area contributed by atoms with E-state index in [1.54, 1.807) is 6.07 Å². The molecule has 5 nitrogen and oxygen atoms in total. The Bertz CT molecular complexity index is 535. The van der Waals surface area contributed by atoms with Crippen LogP contribution in [0.4, 0.5) is 5.88 Å². The zero-order valence-electron chi connectivity index (χ0n) is 10.6. The van der Waals surface area contributed by atoms with E-state index >= 15 is 0 Å². The molecule has 0 radical (unpaired) electrons. The summed E-state index contributed by atoms with van der Waals surface area (Å²) in [7, 11) is 4.05. The van der Waals surface area contributed by atoms with Crippen molar-refractivity contribution >= 4 is 5.88 Å². The van der Waals surface area contributed by atoms with Gasteiger partial charge in [0.05, 0.1) is 11.8 Å². The van der Waals surface area contributed by atoms with E-state index in [9.17, 15) is 5.11 Å². The molecule has 0 aliphatic carbocycles. The fourth-order valence-electron chi connectivity index (χ4n) is 1.76. The molecule has 0 unspecified atom stereocenters. The van der Waals surface area contributed by atoms with Crippen LogP contribution in [0.5, 0.6) is 5.75 Å². The van der Waals surface area contributed by atoms with Gasteiger partial charge in [0, 0.05) is 12.1 Å². The van der Waals surface area contributed by atoms with Crippen LogP contribution >= 0.6 is 0 Å². The number of hydrogen-bond acceptors (Lipinski definition) is 5. The van der Waals surface area contributed by atoms with Crippen molar-refractivity contribution in [2.45, 2.75) is 6.42 Å². The number of benzene rings is 1. The topological polar surface area (TPSA) is 75.5 Å². The summed E-state index contributed by atoms with van der Waals surface area (Å²) >= 11 is 0. The molecule has 2 rings (SSSR count). The lowest BCUT2D eigenvalue weighted by Crippen LogP contribution is -2.15. The summed E-state index contributed by atoms with van der Waals surface area (Å²) in [4.78, 5) is 2.11. The highest BCUT2D eigenvalue weighted by atomic mass is 16.5. The van der Waals surface area contributed by atoms with Crippen LogP contribution in [-0.4, -0.2) is 35.8 Å². The molecule has 0 bridgehead atoms. The number of nitrogens with two attached hydrogens (primary N) is 1. The lowest BCUT2D eigenvalue weighted by Gasteiger charge is -2.10. The maximum absolute atomic E-state index is 9.87. The first kappa shape index (κ1) is 12.4. The largest absolute Gasteiger partial charge is 0.507 e. The third kappa shape index (κ3) is 2.62. The van der Waals surface area contributed by atoms with Gasteiger partial charge in [0.15, 0.2) is 0 Å². The van der Waals surface area contributed by atoms with E-state index in [-0.39, 0.29) is 11.6 Å². The zero-order valence-corrected chi connectivity index (χ0v) is 10.6. The van der Waals surface area contributed by atoms with Crippen LogP contribution in [0, 0.1) is 0 Å². The van der Waals surface area contributed by atoms with Crippen LogP contribution in [0.2, 0.25) is 0 Å². The van der Waals surface area contributed by atoms with Gasteiger partial charge in [-0.3, -0.25) is 0 Å². The first-order chi connectivity index (χ1) is 8.58. The Balaban J connectivity index is 2.30. The second-order valence-electron chi connectivity index (χ2n) is 4.51. The first-order valence-corrected chi connectivity index (χ1v) is 5.75. The van der Waals surface area contributed by atoms with Gasteiger partial charge in [-0.15, -0.1) is 0 Å². The molecule has 1 aromatic heterocycles. The minimum atomic E-state index is 0.179. The number of phenolic OH excluding ortho intramolecular Hbond substituents is 1. The number of nitrogens with zero attached hydrogens (tertiary/aromatic N) is 2. The van der Waals surface area contributed by atoms with Gasteiger partial charge < -0.3 is 20.3 Å². The summed E-state index contributed by atoms with van der Waals surface area (Å²) in [6.07, 6.45) is 2.42. The SMILES string of the molecule is CN(C)CCc1ccc(O)c(-c2cnoc2N)c1. The summed E-state index contributed by atoms with van der Waals surface area (Å²) in [6, 6.07) is 5.50. The number of aromatic hydroxyl groups is 1. The quantitative estimate of drug-likeness (QED) is 0.860. The molecule has 2 aromatic rings. The monoisotopic (exact) mass is 247 g/mol. The minimum absolute atomic E-state index is 0.179. The molecule has 0 aliphatic rings. The van der Waals surface area contributed by atoms with Crippen LogP contribution in [0.3, 0.4) is 0 Å². The van der Waals surface area contributed by atoms with E-state index < -0.39 is 0 Å². The molecule has 18 heavy (non-hydrogen) atoms. The molecule has 96 valence electrons. The standard InChI is InChI=1S/C13H17N3O2/c1-16(2)6-5-9-3-4-12(17)10(7-9)11-8-15-18-13(11)14/h3-4,7-8,17H,5-6,14H2,1-2H3. The van der Waals surface area contributed by atoms with Gasteiger partial charge in [0.25, 0.3) is 0 Å². The first-order valence-electron chi connectivity index (χ1n) is 5.75. The number of aromatic nitrogens is 1. The number of rotatable bonds is 4. The lowest BCUT2D eigenvalue weighted by molar-refractivity contribution is 0.413. The molecule has 0 amide bonds. The molecular formula is C13H17N3O2. The molecule has 1 aromatic carbocycles. The Kier molecular flexibility index (Phi) is 3.53. The molecule has 0 aliphatic heterocycles. The normalized spacial score (nSPS) is 11.1. The summed E-state index contributed by atoms with van der Waals surface area (Å²) in [6.45, 7) is 0.948. The molecule has 0 spiro atoms. The Morgan fingerprint density at radius 1 is 1.33 bits per heavy atom. The highest BCUT2D eigenvalue weighted by Gasteiger charge is 2.12. The van der Waals surface area contributed by atoms with Crippen molar-refractivity contribution in [1.29, 1.82) is 0 Å². The summed E-state index contributed by atoms with van der Waals surface area (Å²) in [5.41, 5.74) is 8.08. The lowest BCUT2D eigenvalue weighted by atomic mass is 10.0. The van der Waals surface area contributed by atoms with Crippen molar-refractivity contribution in [2.24, 2.45) is 0 Å². The second-order valence-corrected chi connectivity index (χ2v) is 4.51. The number of nitrogen functional groups attached to an aromatic ring is 1. The van der Waals surface area contributed by atoms with E-state index in [1.807, 2.05) is 26.2 Å². The molecule has 0 saturated carbocycles. The van der Waals surface area contributed by atoms with Crippen molar-refractivity contribution in [3.05, 3.63) is 30.0 Å². The van der Waals surface area contributed by atoms with Crippen LogP contribution < -0.4 is 5.73 Å². The van der Waals surface area contributed by atoms with E-state index in [0.717, 1.165) is 18.5 Å². The molecule has 0 fully saturated rings. The van der Waals surface area contributed by atoms with Crippen LogP contribution in [0.1, 0.15) is 5.56 Å². The van der Waals surface area contributed by atoms with E-state index in [1.165, 1.54) is 6.20 Å². The number of anilines is 1. The third-order valence-corrected chi connectivity index (χ3v) is 2.80. The van der Waals surface area contributed by atoms with Gasteiger partial charge in [0.1, 0.15) is 5.75 Å². The predicted molar refractivity (Wildman–Crippen MR) is 70.3 cm³/mol. The van der Waals surface area contributed by atoms with E-state index in [0.29, 0.717) is 11.1 Å². The molecule has 1 heterocycles. The number of phenols is 1. The van der Waals surface area contributed by atoms with E-state index in [4.69, 9.17) is 10.3 Å². The third-order valence-electron chi connectivity index (χ3n) is 2.80. The number of likely N-dealkylation sites (N-methyl/N-ethyl adjacent to an activating group) is 1. The summed E-state index contributed by atoms with van der Waals surface area (Å²) in [5.74, 6) is 0.397. The Labute approximate surface area is 106 Å². The fourth-order valence-corrected chi connectivity index (χ4v) is 1.76. The van der Waals surface area contributed by atoms with Crippen LogP contribution in [0.15, 0.2) is 28.9 Å². The fraction of sp³-hybridized carbons (Fsp3) is 0.308. The molecular weight excluding hydrogens is 230 g/mol. The van der Waals surface area contributed by atoms with E-state index in [2.05, 4.69) is 10.1 Å². The Hall–Kier alpha value is -2.01. The van der Waals surface area contributed by atoms with Gasteiger partial charge >= 0.3 is 0 Å². The van der Waals surface area contributed by atoms with Crippen molar-refractivity contribution < 1.29 is 9.63 Å². The highest BCUT2D eigenvalue weighted by Crippen LogP contribution is 2.33. The Morgan fingerprint density at radius 2 is 2.11 bits per heavy atom. The molecule has 0 saturated heterocycles. The van der Waals surface area contributed by atoms with Crippen molar-refractivity contribution in [3.63, 3.8) is 0 Å². The van der Waals surface area contributed by atoms with Crippen molar-refractivity contribution in [1.82, 2.24) is 10.1 Å². The van der Waals surface area contributed by atoms with Crippen molar-refractivity contribution in [2.75, 3.05) is 26.4 Å². The smallest absolute Gasteiger partial charge is 0.230 e. The van der Waals surface area contributed by atoms with Gasteiger partial charge in [0.2, 0.25) is 5.88 Å². The average molecular weight is 247 g/mol. The van der Waals surface area contributed by atoms with Gasteiger partial charge in [-0.25, -0.2) is 0 Å². The maximum Gasteiger partial charge on any atom is 0.230 e. The second kappa shape index (κ2) is 5.10. The predicted octanol–water partition coefficient (Wildman–Crippen LogP) is 1.73. The van der Waals surface area contributed by atoms with Crippen molar-refractivity contribution in [3.8, 4) is 16.9 Å². The number of hydrogen-bond donors (Lipinski definition) is 2. The molecule has 3 N–H and O–H groups in total.